The van der Waals surface area contributed by atoms with Crippen molar-refractivity contribution >= 4 is 30.4 Å². The van der Waals surface area contributed by atoms with Crippen molar-refractivity contribution in [1.29, 1.82) is 0 Å². The van der Waals surface area contributed by atoms with Gasteiger partial charge < -0.3 is 32.9 Å². The second kappa shape index (κ2) is 13.9. The summed E-state index contributed by atoms with van der Waals surface area (Å²) >= 11 is 3.90. The standard InChI is InChI=1S/C15H31N5O4S/c16-7-3-1-5-10(18)13(21)19-11(6-2-4-8-17)14(22)20-12(9-25)15(23)24/h10-12,25H,1-9,16-18H2,(H,19,21)(H,20,22)(H,23,24)/t10-,11-,12-/m0/s1. The predicted octanol–water partition coefficient (Wildman–Crippen LogP) is -1.44. The number of thiol groups is 1. The lowest BCUT2D eigenvalue weighted by molar-refractivity contribution is -0.141. The Balaban J connectivity index is 4.76. The van der Waals surface area contributed by atoms with Crippen molar-refractivity contribution in [2.24, 2.45) is 17.2 Å². The first-order valence-corrected chi connectivity index (χ1v) is 9.10. The van der Waals surface area contributed by atoms with Gasteiger partial charge in [0.1, 0.15) is 12.1 Å². The first-order chi connectivity index (χ1) is 11.9. The van der Waals surface area contributed by atoms with Crippen molar-refractivity contribution < 1.29 is 19.5 Å². The molecule has 0 saturated carbocycles. The van der Waals surface area contributed by atoms with Gasteiger partial charge in [0.2, 0.25) is 11.8 Å². The minimum atomic E-state index is -1.19. The highest BCUT2D eigenvalue weighted by Gasteiger charge is 2.26. The monoisotopic (exact) mass is 377 g/mol. The third kappa shape index (κ3) is 10.3. The van der Waals surface area contributed by atoms with Gasteiger partial charge in [0.15, 0.2) is 0 Å². The van der Waals surface area contributed by atoms with Gasteiger partial charge in [-0.3, -0.25) is 9.59 Å². The SMILES string of the molecule is NCCCC[C@H](NC(=O)[C@@H](N)CCCCN)C(=O)N[C@@H](CS)C(=O)O. The Kier molecular flexibility index (Phi) is 13.1. The third-order valence-electron chi connectivity index (χ3n) is 3.68. The van der Waals surface area contributed by atoms with Crippen LogP contribution in [0.15, 0.2) is 0 Å². The maximum absolute atomic E-state index is 12.3. The van der Waals surface area contributed by atoms with Gasteiger partial charge in [-0.1, -0.05) is 6.42 Å². The Bertz CT molecular complexity index is 425. The van der Waals surface area contributed by atoms with E-state index in [2.05, 4.69) is 23.3 Å². The van der Waals surface area contributed by atoms with Crippen molar-refractivity contribution in [2.45, 2.75) is 56.7 Å². The van der Waals surface area contributed by atoms with E-state index in [0.717, 1.165) is 12.8 Å². The number of aliphatic carboxylic acids is 1. The minimum absolute atomic E-state index is 0.0524. The number of rotatable bonds is 14. The summed E-state index contributed by atoms with van der Waals surface area (Å²) in [7, 11) is 0. The van der Waals surface area contributed by atoms with Crippen LogP contribution in [-0.4, -0.2) is 59.9 Å². The topological polar surface area (TPSA) is 174 Å². The zero-order valence-electron chi connectivity index (χ0n) is 14.4. The molecule has 9 nitrogen and oxygen atoms in total. The lowest BCUT2D eigenvalue weighted by Crippen LogP contribution is -2.54. The van der Waals surface area contributed by atoms with E-state index < -0.39 is 35.9 Å². The molecule has 0 aromatic heterocycles. The molecule has 0 heterocycles. The van der Waals surface area contributed by atoms with Crippen LogP contribution in [0.2, 0.25) is 0 Å². The van der Waals surface area contributed by atoms with Crippen LogP contribution < -0.4 is 27.8 Å². The normalized spacial score (nSPS) is 14.4. The number of carboxylic acids is 1. The van der Waals surface area contributed by atoms with Crippen LogP contribution in [0.1, 0.15) is 38.5 Å². The van der Waals surface area contributed by atoms with Gasteiger partial charge in [-0.25, -0.2) is 4.79 Å². The Hall–Kier alpha value is -1.36. The lowest BCUT2D eigenvalue weighted by Gasteiger charge is -2.22. The molecular weight excluding hydrogens is 346 g/mol. The Labute approximate surface area is 153 Å². The summed E-state index contributed by atoms with van der Waals surface area (Å²) in [5.41, 5.74) is 16.7. The molecule has 146 valence electrons. The lowest BCUT2D eigenvalue weighted by atomic mass is 10.1. The molecule has 0 saturated heterocycles. The molecule has 10 heteroatoms. The Morgan fingerprint density at radius 2 is 1.40 bits per heavy atom. The molecule has 0 aliphatic heterocycles. The second-order valence-corrected chi connectivity index (χ2v) is 6.18. The summed E-state index contributed by atoms with van der Waals surface area (Å²) in [5.74, 6) is -2.25. The number of carboxylic acid groups (broad SMARTS) is 1. The summed E-state index contributed by atoms with van der Waals surface area (Å²) in [6, 6.07) is -2.72. The number of carbonyl (C=O) groups excluding carboxylic acids is 2. The van der Waals surface area contributed by atoms with Crippen molar-refractivity contribution in [2.75, 3.05) is 18.8 Å². The molecule has 0 aliphatic carbocycles. The largest absolute Gasteiger partial charge is 0.480 e. The zero-order valence-corrected chi connectivity index (χ0v) is 15.3. The Morgan fingerprint density at radius 1 is 0.880 bits per heavy atom. The van der Waals surface area contributed by atoms with E-state index in [1.54, 1.807) is 0 Å². The summed E-state index contributed by atoms with van der Waals surface area (Å²) in [6.07, 6.45) is 3.62. The molecule has 0 unspecified atom stereocenters. The molecule has 0 aliphatic rings. The van der Waals surface area contributed by atoms with Gasteiger partial charge >= 0.3 is 5.97 Å². The molecule has 0 fully saturated rings. The fourth-order valence-electron chi connectivity index (χ4n) is 2.14. The van der Waals surface area contributed by atoms with E-state index in [0.29, 0.717) is 38.8 Å². The number of nitrogens with two attached hydrogens (primary N) is 3. The smallest absolute Gasteiger partial charge is 0.327 e. The number of nitrogens with one attached hydrogen (secondary N) is 2. The van der Waals surface area contributed by atoms with Crippen LogP contribution in [0.25, 0.3) is 0 Å². The van der Waals surface area contributed by atoms with Crippen LogP contribution in [0.3, 0.4) is 0 Å². The summed E-state index contributed by atoms with van der Waals surface area (Å²) in [5, 5.41) is 14.0. The fraction of sp³-hybridized carbons (Fsp3) is 0.800. The van der Waals surface area contributed by atoms with E-state index in [9.17, 15) is 14.4 Å². The molecule has 0 aromatic rings. The molecule has 0 aromatic carbocycles. The molecule has 0 bridgehead atoms. The number of unbranched alkanes of at least 4 members (excludes halogenated alkanes) is 2. The third-order valence-corrected chi connectivity index (χ3v) is 4.05. The summed E-state index contributed by atoms with van der Waals surface area (Å²) < 4.78 is 0. The maximum atomic E-state index is 12.3. The van der Waals surface area contributed by atoms with E-state index in [4.69, 9.17) is 22.3 Å². The second-order valence-electron chi connectivity index (χ2n) is 5.82. The average molecular weight is 378 g/mol. The summed E-state index contributed by atoms with van der Waals surface area (Å²) in [4.78, 5) is 35.5. The molecule has 0 spiro atoms. The molecule has 9 N–H and O–H groups in total. The van der Waals surface area contributed by atoms with Crippen LogP contribution in [-0.2, 0) is 14.4 Å². The molecular formula is C15H31N5O4S. The van der Waals surface area contributed by atoms with Crippen molar-refractivity contribution in [1.82, 2.24) is 10.6 Å². The highest BCUT2D eigenvalue weighted by molar-refractivity contribution is 7.80. The van der Waals surface area contributed by atoms with Gasteiger partial charge in [-0.2, -0.15) is 12.6 Å². The van der Waals surface area contributed by atoms with Crippen LogP contribution in [0.5, 0.6) is 0 Å². The molecule has 0 rings (SSSR count). The van der Waals surface area contributed by atoms with Gasteiger partial charge in [0.25, 0.3) is 0 Å². The van der Waals surface area contributed by atoms with Gasteiger partial charge in [0, 0.05) is 5.75 Å². The molecule has 3 atom stereocenters. The average Bonchev–Trinajstić information content (AvgIpc) is 2.58. The van der Waals surface area contributed by atoms with Crippen LogP contribution >= 0.6 is 12.6 Å². The predicted molar refractivity (Wildman–Crippen MR) is 99.1 cm³/mol. The van der Waals surface area contributed by atoms with E-state index in [1.807, 2.05) is 0 Å². The van der Waals surface area contributed by atoms with E-state index in [1.165, 1.54) is 0 Å². The highest BCUT2D eigenvalue weighted by Crippen LogP contribution is 2.04. The van der Waals surface area contributed by atoms with Crippen molar-refractivity contribution in [3.63, 3.8) is 0 Å². The minimum Gasteiger partial charge on any atom is -0.480 e. The molecule has 0 radical (unpaired) electrons. The van der Waals surface area contributed by atoms with Crippen LogP contribution in [0.4, 0.5) is 0 Å². The molecule has 25 heavy (non-hydrogen) atoms. The van der Waals surface area contributed by atoms with Crippen molar-refractivity contribution in [3.8, 4) is 0 Å². The first-order valence-electron chi connectivity index (χ1n) is 8.47. The van der Waals surface area contributed by atoms with Crippen LogP contribution in [0, 0.1) is 0 Å². The first kappa shape index (κ1) is 23.6. The fourth-order valence-corrected chi connectivity index (χ4v) is 2.39. The highest BCUT2D eigenvalue weighted by atomic mass is 32.1. The Morgan fingerprint density at radius 3 is 1.88 bits per heavy atom. The number of amides is 2. The van der Waals surface area contributed by atoms with E-state index in [-0.39, 0.29) is 5.75 Å². The van der Waals surface area contributed by atoms with E-state index >= 15 is 0 Å². The number of carbonyl (C=O) groups is 3. The maximum Gasteiger partial charge on any atom is 0.327 e. The van der Waals surface area contributed by atoms with Crippen molar-refractivity contribution in [3.05, 3.63) is 0 Å². The van der Waals surface area contributed by atoms with Gasteiger partial charge in [0.05, 0.1) is 6.04 Å². The quantitative estimate of drug-likeness (QED) is 0.143. The molecule has 2 amide bonds. The summed E-state index contributed by atoms with van der Waals surface area (Å²) in [6.45, 7) is 0.994. The van der Waals surface area contributed by atoms with Gasteiger partial charge in [-0.05, 0) is 45.2 Å². The van der Waals surface area contributed by atoms with Gasteiger partial charge in [-0.15, -0.1) is 0 Å². The number of hydrogen-bond donors (Lipinski definition) is 7. The number of hydrogen-bond acceptors (Lipinski definition) is 7. The zero-order chi connectivity index (χ0) is 19.2.